The molecular formula is C23H34N4O2. The van der Waals surface area contributed by atoms with Gasteiger partial charge in [-0.05, 0) is 81.0 Å². The molecule has 0 radical (unpaired) electrons. The highest BCUT2D eigenvalue weighted by Crippen LogP contribution is 2.37. The van der Waals surface area contributed by atoms with Crippen molar-refractivity contribution >= 4 is 16.6 Å². The minimum Gasteiger partial charge on any atom is -0.393 e. The number of hydrogen-bond donors (Lipinski definition) is 3. The minimum absolute atomic E-state index is 0.0825. The number of aliphatic hydroxyl groups is 1. The van der Waals surface area contributed by atoms with E-state index >= 15 is 0 Å². The monoisotopic (exact) mass is 398 g/mol. The number of nitrogens with one attached hydrogen (secondary N) is 2. The molecule has 2 aromatic heterocycles. The Morgan fingerprint density at radius 2 is 1.93 bits per heavy atom. The first-order chi connectivity index (χ1) is 14.2. The van der Waals surface area contributed by atoms with Gasteiger partial charge >= 0.3 is 0 Å². The second-order valence-electron chi connectivity index (χ2n) is 8.68. The third kappa shape index (κ3) is 4.48. The number of aliphatic hydroxyl groups excluding tert-OH is 1. The van der Waals surface area contributed by atoms with E-state index in [9.17, 15) is 9.90 Å². The van der Waals surface area contributed by atoms with Crippen LogP contribution in [0.15, 0.2) is 23.3 Å². The summed E-state index contributed by atoms with van der Waals surface area (Å²) in [4.78, 5) is 17.9. The highest BCUT2D eigenvalue weighted by Gasteiger charge is 2.26. The van der Waals surface area contributed by atoms with Crippen LogP contribution in [0.3, 0.4) is 0 Å². The van der Waals surface area contributed by atoms with Gasteiger partial charge in [0, 0.05) is 25.0 Å². The predicted octanol–water partition coefficient (Wildman–Crippen LogP) is 3.55. The number of fused-ring (bicyclic) bond motifs is 1. The van der Waals surface area contributed by atoms with Gasteiger partial charge in [0.1, 0.15) is 5.82 Å². The number of piperidine rings is 1. The number of hydrogen-bond acceptors (Lipinski definition) is 5. The number of nitrogens with zero attached hydrogens (tertiary/aromatic N) is 2. The van der Waals surface area contributed by atoms with E-state index in [4.69, 9.17) is 0 Å². The largest absolute Gasteiger partial charge is 0.393 e. The molecule has 6 nitrogen and oxygen atoms in total. The SMILES string of the molecule is CCCCNc1cc2c(C3CCC(O)CC3)cn(C3CCNCC3)c(=O)c2cn1. The minimum atomic E-state index is -0.180. The molecule has 0 spiro atoms. The van der Waals surface area contributed by atoms with E-state index in [1.807, 2.05) is 4.57 Å². The van der Waals surface area contributed by atoms with Crippen molar-refractivity contribution in [2.75, 3.05) is 25.0 Å². The Balaban J connectivity index is 1.77. The molecule has 3 N–H and O–H groups in total. The van der Waals surface area contributed by atoms with Gasteiger partial charge < -0.3 is 20.3 Å². The van der Waals surface area contributed by atoms with Crippen molar-refractivity contribution in [3.8, 4) is 0 Å². The molecule has 0 bridgehead atoms. The second-order valence-corrected chi connectivity index (χ2v) is 8.68. The van der Waals surface area contributed by atoms with Crippen LogP contribution in [0.4, 0.5) is 5.82 Å². The molecule has 0 aromatic carbocycles. The molecule has 2 aliphatic rings. The maximum Gasteiger partial charge on any atom is 0.260 e. The summed E-state index contributed by atoms with van der Waals surface area (Å²) in [5, 5.41) is 18.5. The van der Waals surface area contributed by atoms with Gasteiger partial charge in [0.05, 0.1) is 11.5 Å². The first kappa shape index (κ1) is 20.4. The zero-order chi connectivity index (χ0) is 20.2. The van der Waals surface area contributed by atoms with Crippen molar-refractivity contribution < 1.29 is 5.11 Å². The average Bonchev–Trinajstić information content (AvgIpc) is 2.76. The van der Waals surface area contributed by atoms with Crippen molar-refractivity contribution in [2.24, 2.45) is 0 Å². The first-order valence-electron chi connectivity index (χ1n) is 11.3. The number of aromatic nitrogens is 2. The van der Waals surface area contributed by atoms with Crippen molar-refractivity contribution in [3.63, 3.8) is 0 Å². The van der Waals surface area contributed by atoms with Gasteiger partial charge in [-0.1, -0.05) is 13.3 Å². The molecule has 158 valence electrons. The van der Waals surface area contributed by atoms with E-state index in [1.54, 1.807) is 6.20 Å². The Morgan fingerprint density at radius 1 is 1.17 bits per heavy atom. The van der Waals surface area contributed by atoms with E-state index in [0.29, 0.717) is 5.92 Å². The Kier molecular flexibility index (Phi) is 6.50. The summed E-state index contributed by atoms with van der Waals surface area (Å²) in [5.41, 5.74) is 1.34. The van der Waals surface area contributed by atoms with E-state index in [-0.39, 0.29) is 17.7 Å². The Morgan fingerprint density at radius 3 is 2.66 bits per heavy atom. The van der Waals surface area contributed by atoms with Crippen LogP contribution in [0.5, 0.6) is 0 Å². The fourth-order valence-corrected chi connectivity index (χ4v) is 4.84. The summed E-state index contributed by atoms with van der Waals surface area (Å²) in [7, 11) is 0. The fraction of sp³-hybridized carbons (Fsp3) is 0.652. The lowest BCUT2D eigenvalue weighted by Gasteiger charge is -2.30. The van der Waals surface area contributed by atoms with Crippen LogP contribution < -0.4 is 16.2 Å². The molecule has 0 amide bonds. The van der Waals surface area contributed by atoms with E-state index in [0.717, 1.165) is 87.6 Å². The van der Waals surface area contributed by atoms with Gasteiger partial charge in [-0.2, -0.15) is 0 Å². The van der Waals surface area contributed by atoms with Crippen LogP contribution in [0, 0.1) is 0 Å². The molecule has 1 saturated heterocycles. The van der Waals surface area contributed by atoms with Crippen molar-refractivity contribution in [2.45, 2.75) is 76.4 Å². The molecule has 6 heteroatoms. The fourth-order valence-electron chi connectivity index (χ4n) is 4.84. The standard InChI is InChI=1S/C23H34N4O2/c1-2-3-10-25-22-13-19-20(14-26-22)23(29)27(17-8-11-24-12-9-17)15-21(19)16-4-6-18(28)7-5-16/h13-18,24,28H,2-12H2,1H3,(H,25,26). The van der Waals surface area contributed by atoms with Gasteiger partial charge in [0.2, 0.25) is 0 Å². The molecule has 0 unspecified atom stereocenters. The molecule has 29 heavy (non-hydrogen) atoms. The van der Waals surface area contributed by atoms with Crippen LogP contribution >= 0.6 is 0 Å². The van der Waals surface area contributed by atoms with E-state index in [1.165, 1.54) is 5.56 Å². The quantitative estimate of drug-likeness (QED) is 0.649. The summed E-state index contributed by atoms with van der Waals surface area (Å²) in [6, 6.07) is 2.32. The van der Waals surface area contributed by atoms with Crippen molar-refractivity contribution in [1.29, 1.82) is 0 Å². The average molecular weight is 399 g/mol. The number of pyridine rings is 2. The second kappa shape index (κ2) is 9.26. The van der Waals surface area contributed by atoms with Crippen LogP contribution in [0.2, 0.25) is 0 Å². The van der Waals surface area contributed by atoms with E-state index < -0.39 is 0 Å². The summed E-state index contributed by atoms with van der Waals surface area (Å²) in [6.45, 7) is 4.98. The summed E-state index contributed by atoms with van der Waals surface area (Å²) < 4.78 is 1.98. The molecule has 0 atom stereocenters. The van der Waals surface area contributed by atoms with Crippen molar-refractivity contribution in [1.82, 2.24) is 14.9 Å². The van der Waals surface area contributed by atoms with Gasteiger partial charge in [0.25, 0.3) is 5.56 Å². The summed E-state index contributed by atoms with van der Waals surface area (Å²) in [5.74, 6) is 1.24. The molecule has 1 aliphatic carbocycles. The Hall–Kier alpha value is -1.92. The first-order valence-corrected chi connectivity index (χ1v) is 11.3. The lowest BCUT2D eigenvalue weighted by Crippen LogP contribution is -2.34. The summed E-state index contributed by atoms with van der Waals surface area (Å²) >= 11 is 0. The van der Waals surface area contributed by atoms with Crippen LogP contribution in [-0.2, 0) is 0 Å². The van der Waals surface area contributed by atoms with Gasteiger partial charge in [0.15, 0.2) is 0 Å². The van der Waals surface area contributed by atoms with Gasteiger partial charge in [-0.25, -0.2) is 4.98 Å². The lowest BCUT2D eigenvalue weighted by molar-refractivity contribution is 0.122. The van der Waals surface area contributed by atoms with Crippen LogP contribution in [0.25, 0.3) is 10.8 Å². The maximum atomic E-state index is 13.3. The lowest BCUT2D eigenvalue weighted by atomic mass is 9.81. The smallest absolute Gasteiger partial charge is 0.260 e. The highest BCUT2D eigenvalue weighted by molar-refractivity contribution is 5.86. The molecule has 2 aromatic rings. The molecule has 2 fully saturated rings. The van der Waals surface area contributed by atoms with Gasteiger partial charge in [-0.3, -0.25) is 4.79 Å². The topological polar surface area (TPSA) is 79.2 Å². The predicted molar refractivity (Wildman–Crippen MR) is 118 cm³/mol. The highest BCUT2D eigenvalue weighted by atomic mass is 16.3. The molecular weight excluding hydrogens is 364 g/mol. The zero-order valence-electron chi connectivity index (χ0n) is 17.5. The Bertz CT molecular complexity index is 880. The van der Waals surface area contributed by atoms with Crippen LogP contribution in [0.1, 0.15) is 75.8 Å². The summed E-state index contributed by atoms with van der Waals surface area (Å²) in [6.07, 6.45) is 11.6. The molecule has 1 aliphatic heterocycles. The zero-order valence-corrected chi connectivity index (χ0v) is 17.5. The normalized spacial score (nSPS) is 23.4. The Labute approximate surface area is 172 Å². The third-order valence-electron chi connectivity index (χ3n) is 6.63. The number of unbranched alkanes of at least 4 members (excludes halogenated alkanes) is 1. The maximum absolute atomic E-state index is 13.3. The van der Waals surface area contributed by atoms with Crippen LogP contribution in [-0.4, -0.2) is 40.4 Å². The van der Waals surface area contributed by atoms with Gasteiger partial charge in [-0.15, -0.1) is 0 Å². The third-order valence-corrected chi connectivity index (χ3v) is 6.63. The molecule has 4 rings (SSSR count). The van der Waals surface area contributed by atoms with E-state index in [2.05, 4.69) is 34.8 Å². The molecule has 1 saturated carbocycles. The molecule has 3 heterocycles. The van der Waals surface area contributed by atoms with Crippen molar-refractivity contribution in [3.05, 3.63) is 34.4 Å². The number of anilines is 1. The number of rotatable bonds is 6.